The molecule has 7 heteroatoms. The van der Waals surface area contributed by atoms with Gasteiger partial charge in [0.1, 0.15) is 23.9 Å². The molecule has 0 saturated carbocycles. The highest BCUT2D eigenvalue weighted by Gasteiger charge is 2.16. The molecule has 1 aromatic carbocycles. The number of rotatable bonds is 6. The molecule has 26 heavy (non-hydrogen) atoms. The number of benzene rings is 1. The van der Waals surface area contributed by atoms with Gasteiger partial charge in [-0.3, -0.25) is 4.99 Å². The van der Waals surface area contributed by atoms with Gasteiger partial charge in [-0.15, -0.1) is 0 Å². The van der Waals surface area contributed by atoms with Gasteiger partial charge in [0.05, 0.1) is 7.11 Å². The zero-order chi connectivity index (χ0) is 18.4. The molecule has 1 aliphatic rings. The molecule has 0 fully saturated rings. The summed E-state index contributed by atoms with van der Waals surface area (Å²) in [5.41, 5.74) is 1.43. The molecular weight excluding hydrogens is 353 g/mol. The molecule has 0 atom stereocenters. The standard InChI is InChI=1S/C19H20FN3O2S/c1-3-9-26-19-22-11-14(12-23-19)25-18-16(5-4-8-21-18)15-7-6-13(20)10-17(15)24-2/h4-8,10-11H,3,9,12H2,1-2H3,(H,22,23). The molecule has 1 aliphatic heterocycles. The van der Waals surface area contributed by atoms with Crippen LogP contribution in [-0.4, -0.2) is 29.6 Å². The van der Waals surface area contributed by atoms with Gasteiger partial charge in [-0.1, -0.05) is 18.7 Å². The smallest absolute Gasteiger partial charge is 0.226 e. The normalized spacial score (nSPS) is 13.5. The predicted octanol–water partition coefficient (Wildman–Crippen LogP) is 4.22. The number of methoxy groups -OCH3 is 1. The van der Waals surface area contributed by atoms with E-state index in [1.54, 1.807) is 36.3 Å². The zero-order valence-electron chi connectivity index (χ0n) is 14.7. The van der Waals surface area contributed by atoms with Crippen LogP contribution in [0.2, 0.25) is 0 Å². The molecule has 1 aromatic heterocycles. The third kappa shape index (κ3) is 4.35. The molecule has 2 aromatic rings. The van der Waals surface area contributed by atoms with Gasteiger partial charge in [-0.2, -0.15) is 0 Å². The molecule has 0 bridgehead atoms. The van der Waals surface area contributed by atoms with Gasteiger partial charge in [0.2, 0.25) is 5.88 Å². The van der Waals surface area contributed by atoms with Crippen LogP contribution in [0.5, 0.6) is 11.6 Å². The SMILES string of the molecule is CCCSC1=NCC(Oc2ncccc2-c2ccc(F)cc2OC)=CN1. The Morgan fingerprint density at radius 1 is 1.27 bits per heavy atom. The van der Waals surface area contributed by atoms with Gasteiger partial charge in [0.15, 0.2) is 5.17 Å². The average molecular weight is 373 g/mol. The number of nitrogens with one attached hydrogen (secondary N) is 1. The maximum Gasteiger partial charge on any atom is 0.226 e. The fraction of sp³-hybridized carbons (Fsp3) is 0.263. The Labute approximate surface area is 156 Å². The Morgan fingerprint density at radius 2 is 2.15 bits per heavy atom. The minimum atomic E-state index is -0.359. The molecule has 5 nitrogen and oxygen atoms in total. The van der Waals surface area contributed by atoms with Crippen molar-refractivity contribution in [2.24, 2.45) is 4.99 Å². The molecule has 0 saturated heterocycles. The molecule has 0 radical (unpaired) electrons. The van der Waals surface area contributed by atoms with Crippen LogP contribution in [0.25, 0.3) is 11.1 Å². The number of ether oxygens (including phenoxy) is 2. The summed E-state index contributed by atoms with van der Waals surface area (Å²) in [6.45, 7) is 2.57. The Kier molecular flexibility index (Phi) is 6.12. The first-order valence-corrected chi connectivity index (χ1v) is 9.29. The van der Waals surface area contributed by atoms with Gasteiger partial charge in [0, 0.05) is 35.3 Å². The second kappa shape index (κ2) is 8.71. The fourth-order valence-corrected chi connectivity index (χ4v) is 3.12. The van der Waals surface area contributed by atoms with E-state index < -0.39 is 0 Å². The summed E-state index contributed by atoms with van der Waals surface area (Å²) in [7, 11) is 1.51. The molecule has 2 heterocycles. The van der Waals surface area contributed by atoms with Crippen molar-refractivity contribution >= 4 is 16.9 Å². The third-order valence-electron chi connectivity index (χ3n) is 3.63. The van der Waals surface area contributed by atoms with Gasteiger partial charge < -0.3 is 14.8 Å². The maximum atomic E-state index is 13.5. The Morgan fingerprint density at radius 3 is 2.88 bits per heavy atom. The molecule has 136 valence electrons. The monoisotopic (exact) mass is 373 g/mol. The lowest BCUT2D eigenvalue weighted by Gasteiger charge is -2.17. The van der Waals surface area contributed by atoms with Crippen molar-refractivity contribution in [3.8, 4) is 22.8 Å². The largest absolute Gasteiger partial charge is 0.496 e. The van der Waals surface area contributed by atoms with Crippen LogP contribution in [0.4, 0.5) is 4.39 Å². The zero-order valence-corrected chi connectivity index (χ0v) is 15.5. The highest BCUT2D eigenvalue weighted by Crippen LogP contribution is 2.36. The molecular formula is C19H20FN3O2S. The van der Waals surface area contributed by atoms with Crippen molar-refractivity contribution in [1.29, 1.82) is 0 Å². The lowest BCUT2D eigenvalue weighted by Crippen LogP contribution is -2.22. The van der Waals surface area contributed by atoms with Crippen LogP contribution >= 0.6 is 11.8 Å². The Balaban J connectivity index is 1.80. The van der Waals surface area contributed by atoms with Gasteiger partial charge in [-0.25, -0.2) is 9.37 Å². The van der Waals surface area contributed by atoms with Crippen molar-refractivity contribution in [3.05, 3.63) is 54.3 Å². The lowest BCUT2D eigenvalue weighted by atomic mass is 10.1. The highest BCUT2D eigenvalue weighted by atomic mass is 32.2. The summed E-state index contributed by atoms with van der Waals surface area (Å²) in [6.07, 6.45) is 4.54. The van der Waals surface area contributed by atoms with E-state index in [0.717, 1.165) is 22.9 Å². The quantitative estimate of drug-likeness (QED) is 0.822. The van der Waals surface area contributed by atoms with Crippen LogP contribution in [0.15, 0.2) is 53.5 Å². The van der Waals surface area contributed by atoms with Crippen LogP contribution < -0.4 is 14.8 Å². The number of halogens is 1. The summed E-state index contributed by atoms with van der Waals surface area (Å²) in [5.74, 6) is 2.17. The summed E-state index contributed by atoms with van der Waals surface area (Å²) in [6, 6.07) is 8.05. The summed E-state index contributed by atoms with van der Waals surface area (Å²) in [4.78, 5) is 8.79. The number of hydrogen-bond donors (Lipinski definition) is 1. The first-order valence-electron chi connectivity index (χ1n) is 8.31. The fourth-order valence-electron chi connectivity index (χ4n) is 2.42. The maximum absolute atomic E-state index is 13.5. The number of hydrogen-bond acceptors (Lipinski definition) is 6. The van der Waals surface area contributed by atoms with E-state index in [9.17, 15) is 4.39 Å². The van der Waals surface area contributed by atoms with E-state index >= 15 is 0 Å². The molecule has 0 aliphatic carbocycles. The Hall–Kier alpha value is -2.54. The average Bonchev–Trinajstić information content (AvgIpc) is 2.68. The number of thioether (sulfide) groups is 1. The summed E-state index contributed by atoms with van der Waals surface area (Å²) in [5, 5.41) is 4.03. The van der Waals surface area contributed by atoms with E-state index in [1.807, 2.05) is 6.07 Å². The van der Waals surface area contributed by atoms with Crippen LogP contribution in [0, 0.1) is 5.82 Å². The van der Waals surface area contributed by atoms with E-state index in [-0.39, 0.29) is 5.82 Å². The molecule has 0 spiro atoms. The van der Waals surface area contributed by atoms with E-state index in [2.05, 4.69) is 22.2 Å². The number of nitrogens with zero attached hydrogens (tertiary/aromatic N) is 2. The van der Waals surface area contributed by atoms with Crippen molar-refractivity contribution in [1.82, 2.24) is 10.3 Å². The number of aromatic nitrogens is 1. The van der Waals surface area contributed by atoms with Crippen molar-refractivity contribution in [2.45, 2.75) is 13.3 Å². The first-order chi connectivity index (χ1) is 12.7. The number of pyridine rings is 1. The van der Waals surface area contributed by atoms with E-state index in [1.165, 1.54) is 19.2 Å². The Bertz CT molecular complexity index is 839. The first kappa shape index (κ1) is 18.3. The highest BCUT2D eigenvalue weighted by molar-refractivity contribution is 8.13. The summed E-state index contributed by atoms with van der Waals surface area (Å²) >= 11 is 1.68. The second-order valence-electron chi connectivity index (χ2n) is 5.53. The van der Waals surface area contributed by atoms with Gasteiger partial charge in [0.25, 0.3) is 0 Å². The third-order valence-corrected chi connectivity index (χ3v) is 4.76. The molecule has 1 N–H and O–H groups in total. The second-order valence-corrected chi connectivity index (χ2v) is 6.61. The van der Waals surface area contributed by atoms with Crippen molar-refractivity contribution in [3.63, 3.8) is 0 Å². The van der Waals surface area contributed by atoms with Crippen LogP contribution in [0.3, 0.4) is 0 Å². The van der Waals surface area contributed by atoms with E-state index in [4.69, 9.17) is 9.47 Å². The lowest BCUT2D eigenvalue weighted by molar-refractivity contribution is 0.396. The van der Waals surface area contributed by atoms with Crippen LogP contribution in [0.1, 0.15) is 13.3 Å². The number of aliphatic imine (C=N–C) groups is 1. The number of amidine groups is 1. The minimum Gasteiger partial charge on any atom is -0.496 e. The van der Waals surface area contributed by atoms with Crippen molar-refractivity contribution < 1.29 is 13.9 Å². The topological polar surface area (TPSA) is 55.7 Å². The predicted molar refractivity (Wildman–Crippen MR) is 103 cm³/mol. The van der Waals surface area contributed by atoms with Gasteiger partial charge in [-0.05, 0) is 30.7 Å². The molecule has 0 amide bonds. The summed E-state index contributed by atoms with van der Waals surface area (Å²) < 4.78 is 24.7. The van der Waals surface area contributed by atoms with E-state index in [0.29, 0.717) is 29.5 Å². The van der Waals surface area contributed by atoms with Crippen molar-refractivity contribution in [2.75, 3.05) is 19.4 Å². The molecule has 3 rings (SSSR count). The van der Waals surface area contributed by atoms with Gasteiger partial charge >= 0.3 is 0 Å². The van der Waals surface area contributed by atoms with Crippen LogP contribution in [-0.2, 0) is 0 Å². The minimum absolute atomic E-state index is 0.359. The molecule has 0 unspecified atom stereocenters.